The molecule has 6 heteroatoms. The van der Waals surface area contributed by atoms with Crippen LogP contribution in [-0.2, 0) is 11.0 Å². The number of alkyl halides is 3. The first-order chi connectivity index (χ1) is 11.9. The van der Waals surface area contributed by atoms with Gasteiger partial charge >= 0.3 is 6.18 Å². The van der Waals surface area contributed by atoms with Gasteiger partial charge in [-0.05, 0) is 48.3 Å². The van der Waals surface area contributed by atoms with Crippen LogP contribution in [0.3, 0.4) is 0 Å². The van der Waals surface area contributed by atoms with Crippen LogP contribution in [0.15, 0.2) is 41.0 Å². The van der Waals surface area contributed by atoms with Crippen molar-refractivity contribution in [2.75, 3.05) is 13.1 Å². The fraction of sp³-hybridized carbons (Fsp3) is 0.474. The summed E-state index contributed by atoms with van der Waals surface area (Å²) >= 11 is 0. The van der Waals surface area contributed by atoms with Crippen molar-refractivity contribution in [1.29, 1.82) is 0 Å². The lowest BCUT2D eigenvalue weighted by molar-refractivity contribution is -0.138. The number of carbonyl (C=O) groups is 1. The summed E-state index contributed by atoms with van der Waals surface area (Å²) in [6.45, 7) is 1.25. The summed E-state index contributed by atoms with van der Waals surface area (Å²) in [5, 5.41) is 0. The number of nitrogens with zero attached hydrogens (tertiary/aromatic N) is 2. The number of likely N-dealkylation sites (tertiary alicyclic amines) is 1. The molecule has 1 aliphatic carbocycles. The van der Waals surface area contributed by atoms with Crippen LogP contribution in [-0.4, -0.2) is 30.1 Å². The number of hydrogen-bond acceptors (Lipinski definition) is 2. The molecule has 2 heterocycles. The molecule has 3 atom stereocenters. The molecule has 1 saturated carbocycles. The molecule has 25 heavy (non-hydrogen) atoms. The van der Waals surface area contributed by atoms with Gasteiger partial charge in [0.25, 0.3) is 5.91 Å². The van der Waals surface area contributed by atoms with Crippen LogP contribution in [0.5, 0.6) is 0 Å². The lowest BCUT2D eigenvalue weighted by Crippen LogP contribution is -2.30. The van der Waals surface area contributed by atoms with E-state index in [0.717, 1.165) is 0 Å². The standard InChI is InChI=1S/C19H19F3N2O/c20-19(21,22)16-5-2-1-4-15(16)12-8-13-10-24(11-14(13)9-12)18(25)17-6-3-7-23-17/h1-2,4-7,12-14H,3,8-11H2/t12?,13-,14+. The average molecular weight is 348 g/mol. The topological polar surface area (TPSA) is 32.7 Å². The zero-order valence-electron chi connectivity index (χ0n) is 13.7. The minimum atomic E-state index is -4.32. The smallest absolute Gasteiger partial charge is 0.337 e. The molecule has 2 aliphatic heterocycles. The second kappa shape index (κ2) is 6.00. The molecule has 1 saturated heterocycles. The molecule has 1 aromatic carbocycles. The number of halogens is 3. The van der Waals surface area contributed by atoms with Crippen molar-refractivity contribution in [3.63, 3.8) is 0 Å². The van der Waals surface area contributed by atoms with E-state index in [0.29, 0.717) is 43.6 Å². The number of aliphatic imine (C=N–C) groups is 1. The molecule has 0 aromatic heterocycles. The van der Waals surface area contributed by atoms with Crippen molar-refractivity contribution >= 4 is 12.1 Å². The molecule has 0 radical (unpaired) electrons. The Kier molecular flexibility index (Phi) is 3.93. The number of carbonyl (C=O) groups excluding carboxylic acids is 1. The summed E-state index contributed by atoms with van der Waals surface area (Å²) in [7, 11) is 0. The van der Waals surface area contributed by atoms with Gasteiger partial charge in [0, 0.05) is 25.7 Å². The fourth-order valence-corrected chi connectivity index (χ4v) is 4.50. The monoisotopic (exact) mass is 348 g/mol. The normalized spacial score (nSPS) is 28.4. The molecular formula is C19H19F3N2O. The van der Waals surface area contributed by atoms with Crippen molar-refractivity contribution in [1.82, 2.24) is 4.90 Å². The van der Waals surface area contributed by atoms with Gasteiger partial charge in [-0.25, -0.2) is 0 Å². The first-order valence-corrected chi connectivity index (χ1v) is 8.61. The molecule has 0 N–H and O–H groups in total. The van der Waals surface area contributed by atoms with Crippen molar-refractivity contribution in [2.45, 2.75) is 31.4 Å². The summed E-state index contributed by atoms with van der Waals surface area (Å²) in [6.07, 6.45) is 1.34. The van der Waals surface area contributed by atoms with Crippen LogP contribution in [0.4, 0.5) is 13.2 Å². The van der Waals surface area contributed by atoms with Crippen LogP contribution in [0.25, 0.3) is 0 Å². The van der Waals surface area contributed by atoms with Gasteiger partial charge in [0.15, 0.2) is 0 Å². The van der Waals surface area contributed by atoms with Crippen LogP contribution in [0.1, 0.15) is 36.3 Å². The molecule has 3 aliphatic rings. The maximum absolute atomic E-state index is 13.3. The molecular weight excluding hydrogens is 329 g/mol. The van der Waals surface area contributed by atoms with Gasteiger partial charge in [-0.1, -0.05) is 18.2 Å². The Labute approximate surface area is 144 Å². The summed E-state index contributed by atoms with van der Waals surface area (Å²) in [5.41, 5.74) is 0.391. The molecule has 1 unspecified atom stereocenters. The minimum absolute atomic E-state index is 0.0459. The van der Waals surface area contributed by atoms with E-state index in [1.165, 1.54) is 12.1 Å². The van der Waals surface area contributed by atoms with E-state index in [1.807, 2.05) is 11.0 Å². The zero-order chi connectivity index (χ0) is 17.6. The maximum Gasteiger partial charge on any atom is 0.416 e. The molecule has 3 nitrogen and oxygen atoms in total. The summed E-state index contributed by atoms with van der Waals surface area (Å²) < 4.78 is 39.8. The molecule has 1 amide bonds. The molecule has 132 valence electrons. The molecule has 2 fully saturated rings. The Bertz CT molecular complexity index is 739. The quantitative estimate of drug-likeness (QED) is 0.795. The Morgan fingerprint density at radius 1 is 1.12 bits per heavy atom. The Morgan fingerprint density at radius 3 is 2.40 bits per heavy atom. The largest absolute Gasteiger partial charge is 0.416 e. The van der Waals surface area contributed by atoms with Gasteiger partial charge in [0.05, 0.1) is 5.56 Å². The number of amides is 1. The number of rotatable bonds is 2. The van der Waals surface area contributed by atoms with E-state index in [9.17, 15) is 18.0 Å². The third-order valence-electron chi connectivity index (χ3n) is 5.61. The first kappa shape index (κ1) is 16.4. The number of allylic oxidation sites excluding steroid dienone is 1. The lowest BCUT2D eigenvalue weighted by Gasteiger charge is -2.21. The summed E-state index contributed by atoms with van der Waals surface area (Å²) in [5.74, 6) is 0.437. The van der Waals surface area contributed by atoms with E-state index in [2.05, 4.69) is 4.99 Å². The van der Waals surface area contributed by atoms with Crippen molar-refractivity contribution in [3.8, 4) is 0 Å². The Morgan fingerprint density at radius 2 is 1.80 bits per heavy atom. The predicted octanol–water partition coefficient (Wildman–Crippen LogP) is 4.02. The highest BCUT2D eigenvalue weighted by Gasteiger charge is 2.45. The summed E-state index contributed by atoms with van der Waals surface area (Å²) in [4.78, 5) is 18.3. The van der Waals surface area contributed by atoms with Crippen LogP contribution in [0, 0.1) is 11.8 Å². The maximum atomic E-state index is 13.3. The minimum Gasteiger partial charge on any atom is -0.337 e. The van der Waals surface area contributed by atoms with Crippen LogP contribution < -0.4 is 0 Å². The Balaban J connectivity index is 1.47. The summed E-state index contributed by atoms with van der Waals surface area (Å²) in [6, 6.07) is 5.90. The predicted molar refractivity (Wildman–Crippen MR) is 88.2 cm³/mol. The first-order valence-electron chi connectivity index (χ1n) is 8.61. The van der Waals surface area contributed by atoms with E-state index in [-0.39, 0.29) is 23.7 Å². The number of benzene rings is 1. The average Bonchev–Trinajstić information content (AvgIpc) is 3.29. The SMILES string of the molecule is O=C(C1=CCC=N1)N1C[C@H]2CC(c3ccccc3C(F)(F)F)C[C@H]2C1. The van der Waals surface area contributed by atoms with Crippen molar-refractivity contribution < 1.29 is 18.0 Å². The fourth-order valence-electron chi connectivity index (χ4n) is 4.50. The van der Waals surface area contributed by atoms with Crippen LogP contribution in [0.2, 0.25) is 0 Å². The van der Waals surface area contributed by atoms with E-state index in [4.69, 9.17) is 0 Å². The van der Waals surface area contributed by atoms with E-state index in [1.54, 1.807) is 18.3 Å². The highest BCUT2D eigenvalue weighted by atomic mass is 19.4. The van der Waals surface area contributed by atoms with E-state index >= 15 is 0 Å². The third kappa shape index (κ3) is 2.98. The van der Waals surface area contributed by atoms with Crippen molar-refractivity contribution in [2.24, 2.45) is 16.8 Å². The number of hydrogen-bond donors (Lipinski definition) is 0. The zero-order valence-corrected chi connectivity index (χ0v) is 13.7. The molecule has 1 aromatic rings. The van der Waals surface area contributed by atoms with Crippen LogP contribution >= 0.6 is 0 Å². The van der Waals surface area contributed by atoms with Gasteiger partial charge in [0.1, 0.15) is 5.70 Å². The molecule has 0 spiro atoms. The Hall–Kier alpha value is -2.11. The highest BCUT2D eigenvalue weighted by Crippen LogP contribution is 2.49. The van der Waals surface area contributed by atoms with Gasteiger partial charge in [-0.2, -0.15) is 13.2 Å². The van der Waals surface area contributed by atoms with Gasteiger partial charge in [0.2, 0.25) is 0 Å². The highest BCUT2D eigenvalue weighted by molar-refractivity contribution is 5.96. The molecule has 0 bridgehead atoms. The third-order valence-corrected chi connectivity index (χ3v) is 5.61. The van der Waals surface area contributed by atoms with Gasteiger partial charge in [-0.15, -0.1) is 0 Å². The van der Waals surface area contributed by atoms with Crippen molar-refractivity contribution in [3.05, 3.63) is 47.2 Å². The van der Waals surface area contributed by atoms with Gasteiger partial charge in [-0.3, -0.25) is 9.79 Å². The van der Waals surface area contributed by atoms with Gasteiger partial charge < -0.3 is 4.90 Å². The molecule has 4 rings (SSSR count). The lowest BCUT2D eigenvalue weighted by atomic mass is 9.91. The second-order valence-electron chi connectivity index (χ2n) is 7.12. The number of fused-ring (bicyclic) bond motifs is 1. The second-order valence-corrected chi connectivity index (χ2v) is 7.12. The van der Waals surface area contributed by atoms with E-state index < -0.39 is 11.7 Å².